The normalized spacial score (nSPS) is 15.7. The Kier molecular flexibility index (Phi) is 6.57. The number of carboxylic acid groups (broad SMARTS) is 1. The first-order chi connectivity index (χ1) is 6.90. The molecule has 0 spiro atoms. The Morgan fingerprint density at radius 3 is 2.13 bits per heavy atom. The second kappa shape index (κ2) is 6.83. The van der Waals surface area contributed by atoms with Gasteiger partial charge in [0.15, 0.2) is 0 Å². The molecule has 0 aromatic carbocycles. The highest BCUT2D eigenvalue weighted by molar-refractivity contribution is 5.73. The summed E-state index contributed by atoms with van der Waals surface area (Å²) in [5, 5.41) is 9.03. The van der Waals surface area contributed by atoms with Gasteiger partial charge in [-0.3, -0.25) is 9.69 Å². The highest BCUT2D eigenvalue weighted by atomic mass is 16.4. The van der Waals surface area contributed by atoms with Crippen LogP contribution in [0.1, 0.15) is 47.0 Å². The van der Waals surface area contributed by atoms with Gasteiger partial charge < -0.3 is 5.11 Å². The van der Waals surface area contributed by atoms with E-state index in [-0.39, 0.29) is 6.04 Å². The number of hydrogen-bond acceptors (Lipinski definition) is 2. The summed E-state index contributed by atoms with van der Waals surface area (Å²) in [7, 11) is 1.91. The van der Waals surface area contributed by atoms with Crippen molar-refractivity contribution in [1.29, 1.82) is 0 Å². The fourth-order valence-corrected chi connectivity index (χ4v) is 1.72. The van der Waals surface area contributed by atoms with E-state index in [0.29, 0.717) is 18.4 Å². The van der Waals surface area contributed by atoms with Gasteiger partial charge in [-0.25, -0.2) is 0 Å². The molecule has 3 heteroatoms. The largest absolute Gasteiger partial charge is 0.480 e. The van der Waals surface area contributed by atoms with E-state index in [0.717, 1.165) is 12.8 Å². The summed E-state index contributed by atoms with van der Waals surface area (Å²) in [6.07, 6.45) is 2.89. The zero-order valence-corrected chi connectivity index (χ0v) is 10.7. The average molecular weight is 215 g/mol. The van der Waals surface area contributed by atoms with Crippen LogP contribution in [0.25, 0.3) is 0 Å². The highest BCUT2D eigenvalue weighted by Gasteiger charge is 2.24. The second-order valence-corrected chi connectivity index (χ2v) is 4.75. The van der Waals surface area contributed by atoms with Crippen LogP contribution >= 0.6 is 0 Å². The molecule has 0 aliphatic heterocycles. The summed E-state index contributed by atoms with van der Waals surface area (Å²) in [5.41, 5.74) is 0. The monoisotopic (exact) mass is 215 g/mol. The molecule has 1 N–H and O–H groups in total. The lowest BCUT2D eigenvalue weighted by Crippen LogP contribution is -2.43. The number of aliphatic carboxylic acids is 1. The molecule has 0 heterocycles. The Balaban J connectivity index is 4.16. The number of nitrogens with zero attached hydrogens (tertiary/aromatic N) is 1. The van der Waals surface area contributed by atoms with Gasteiger partial charge in [0.05, 0.1) is 0 Å². The fraction of sp³-hybridized carbons (Fsp3) is 0.917. The van der Waals surface area contributed by atoms with E-state index in [9.17, 15) is 4.79 Å². The lowest BCUT2D eigenvalue weighted by Gasteiger charge is -2.30. The molecule has 0 radical (unpaired) electrons. The van der Waals surface area contributed by atoms with Crippen molar-refractivity contribution in [1.82, 2.24) is 4.90 Å². The van der Waals surface area contributed by atoms with Crippen LogP contribution in [0.5, 0.6) is 0 Å². The van der Waals surface area contributed by atoms with E-state index in [1.54, 1.807) is 0 Å². The third-order valence-electron chi connectivity index (χ3n) is 3.02. The zero-order chi connectivity index (χ0) is 12.0. The highest BCUT2D eigenvalue weighted by Crippen LogP contribution is 2.14. The van der Waals surface area contributed by atoms with Crippen molar-refractivity contribution in [3.8, 4) is 0 Å². The first kappa shape index (κ1) is 14.4. The summed E-state index contributed by atoms with van der Waals surface area (Å²) >= 11 is 0. The minimum absolute atomic E-state index is 0.341. The molecule has 90 valence electrons. The molecule has 0 saturated heterocycles. The van der Waals surface area contributed by atoms with Gasteiger partial charge in [-0.2, -0.15) is 0 Å². The SMILES string of the molecule is CCC(C(=O)O)N(C)C(C)CCC(C)C. The van der Waals surface area contributed by atoms with Crippen molar-refractivity contribution in [2.75, 3.05) is 7.05 Å². The Morgan fingerprint density at radius 1 is 1.27 bits per heavy atom. The lowest BCUT2D eigenvalue weighted by molar-refractivity contribution is -0.143. The molecule has 0 amide bonds. The molecule has 0 aromatic rings. The number of hydrogen-bond donors (Lipinski definition) is 1. The van der Waals surface area contributed by atoms with E-state index >= 15 is 0 Å². The first-order valence-corrected chi connectivity index (χ1v) is 5.84. The van der Waals surface area contributed by atoms with Crippen molar-refractivity contribution in [3.63, 3.8) is 0 Å². The number of rotatable bonds is 7. The maximum absolute atomic E-state index is 11.0. The van der Waals surface area contributed by atoms with E-state index in [4.69, 9.17) is 5.11 Å². The first-order valence-electron chi connectivity index (χ1n) is 5.84. The van der Waals surface area contributed by atoms with Crippen LogP contribution in [0.15, 0.2) is 0 Å². The Bertz CT molecular complexity index is 192. The minimum atomic E-state index is -0.712. The fourth-order valence-electron chi connectivity index (χ4n) is 1.72. The quantitative estimate of drug-likeness (QED) is 0.709. The van der Waals surface area contributed by atoms with Crippen LogP contribution in [0.3, 0.4) is 0 Å². The molecule has 2 unspecified atom stereocenters. The molecule has 15 heavy (non-hydrogen) atoms. The van der Waals surface area contributed by atoms with E-state index < -0.39 is 5.97 Å². The van der Waals surface area contributed by atoms with Crippen molar-refractivity contribution >= 4 is 5.97 Å². The molecule has 2 atom stereocenters. The Hall–Kier alpha value is -0.570. The standard InChI is InChI=1S/C12H25NO2/c1-6-11(12(14)15)13(5)10(4)8-7-9(2)3/h9-11H,6-8H2,1-5H3,(H,14,15). The summed E-state index contributed by atoms with van der Waals surface area (Å²) in [6, 6.07) is 0.000567. The molecule has 0 rings (SSSR count). The van der Waals surface area contributed by atoms with Gasteiger partial charge in [-0.1, -0.05) is 20.8 Å². The third-order valence-corrected chi connectivity index (χ3v) is 3.02. The molecule has 3 nitrogen and oxygen atoms in total. The second-order valence-electron chi connectivity index (χ2n) is 4.75. The molecule has 0 saturated carbocycles. The van der Waals surface area contributed by atoms with Crippen molar-refractivity contribution < 1.29 is 9.90 Å². The smallest absolute Gasteiger partial charge is 0.320 e. The topological polar surface area (TPSA) is 40.5 Å². The number of likely N-dealkylation sites (N-methyl/N-ethyl adjacent to an activating group) is 1. The zero-order valence-electron chi connectivity index (χ0n) is 10.7. The van der Waals surface area contributed by atoms with Gasteiger partial charge in [-0.05, 0) is 39.2 Å². The maximum atomic E-state index is 11.0. The van der Waals surface area contributed by atoms with E-state index in [1.807, 2.05) is 18.9 Å². The predicted molar refractivity (Wildman–Crippen MR) is 63.0 cm³/mol. The number of carbonyl (C=O) groups is 1. The van der Waals surface area contributed by atoms with Crippen molar-refractivity contribution in [2.24, 2.45) is 5.92 Å². The van der Waals surface area contributed by atoms with Crippen molar-refractivity contribution in [2.45, 2.75) is 59.0 Å². The van der Waals surface area contributed by atoms with Crippen LogP contribution in [-0.2, 0) is 4.79 Å². The van der Waals surface area contributed by atoms with Crippen LogP contribution in [-0.4, -0.2) is 35.1 Å². The van der Waals surface area contributed by atoms with Gasteiger partial charge >= 0.3 is 5.97 Å². The van der Waals surface area contributed by atoms with Crippen LogP contribution in [0.2, 0.25) is 0 Å². The Labute approximate surface area is 93.5 Å². The summed E-state index contributed by atoms with van der Waals surface area (Å²) < 4.78 is 0. The molecule has 0 bridgehead atoms. The molecular formula is C12H25NO2. The van der Waals surface area contributed by atoms with E-state index in [1.165, 1.54) is 0 Å². The molecule has 0 fully saturated rings. The van der Waals surface area contributed by atoms with Gasteiger partial charge in [0, 0.05) is 6.04 Å². The van der Waals surface area contributed by atoms with Gasteiger partial charge in [0.2, 0.25) is 0 Å². The summed E-state index contributed by atoms with van der Waals surface area (Å²) in [4.78, 5) is 12.9. The predicted octanol–water partition coefficient (Wildman–Crippen LogP) is 2.61. The molecule has 0 aliphatic rings. The third kappa shape index (κ3) is 5.17. The molecular weight excluding hydrogens is 190 g/mol. The van der Waals surface area contributed by atoms with Gasteiger partial charge in [0.1, 0.15) is 6.04 Å². The molecule has 0 aromatic heterocycles. The lowest BCUT2D eigenvalue weighted by atomic mass is 10.0. The van der Waals surface area contributed by atoms with E-state index in [2.05, 4.69) is 20.8 Å². The average Bonchev–Trinajstić information content (AvgIpc) is 2.14. The van der Waals surface area contributed by atoms with Crippen LogP contribution < -0.4 is 0 Å². The van der Waals surface area contributed by atoms with Crippen LogP contribution in [0.4, 0.5) is 0 Å². The molecule has 0 aliphatic carbocycles. The minimum Gasteiger partial charge on any atom is -0.480 e. The summed E-state index contributed by atoms with van der Waals surface area (Å²) in [5.74, 6) is -0.0258. The van der Waals surface area contributed by atoms with Crippen molar-refractivity contribution in [3.05, 3.63) is 0 Å². The Morgan fingerprint density at radius 2 is 1.80 bits per heavy atom. The van der Waals surface area contributed by atoms with Gasteiger partial charge in [-0.15, -0.1) is 0 Å². The van der Waals surface area contributed by atoms with Crippen LogP contribution in [0, 0.1) is 5.92 Å². The number of carboxylic acids is 1. The summed E-state index contributed by atoms with van der Waals surface area (Å²) in [6.45, 7) is 8.42. The maximum Gasteiger partial charge on any atom is 0.320 e. The van der Waals surface area contributed by atoms with Gasteiger partial charge in [0.25, 0.3) is 0 Å².